The fourth-order valence-corrected chi connectivity index (χ4v) is 4.53. The van der Waals surface area contributed by atoms with E-state index in [0.29, 0.717) is 34.0 Å². The maximum absolute atomic E-state index is 13.6. The summed E-state index contributed by atoms with van der Waals surface area (Å²) < 4.78 is 10.7. The van der Waals surface area contributed by atoms with Gasteiger partial charge in [0.05, 0.1) is 36.7 Å². The second-order valence-corrected chi connectivity index (χ2v) is 8.89. The van der Waals surface area contributed by atoms with E-state index in [0.717, 1.165) is 12.1 Å². The molecule has 0 saturated carbocycles. The normalized spacial score (nSPS) is 10.6. The molecule has 0 unspecified atom stereocenters. The molecule has 40 heavy (non-hydrogen) atoms. The zero-order chi connectivity index (χ0) is 29.1. The summed E-state index contributed by atoms with van der Waals surface area (Å²) in [6.45, 7) is 3.52. The molecule has 204 valence electrons. The Labute approximate surface area is 229 Å². The topological polar surface area (TPSA) is 151 Å². The van der Waals surface area contributed by atoms with Crippen LogP contribution in [0.3, 0.4) is 0 Å². The van der Waals surface area contributed by atoms with Gasteiger partial charge in [-0.15, -0.1) is 0 Å². The van der Waals surface area contributed by atoms with E-state index >= 15 is 0 Å². The smallest absolute Gasteiger partial charge is 0.336 e. The Morgan fingerprint density at radius 1 is 0.575 bits per heavy atom. The van der Waals surface area contributed by atoms with Crippen molar-refractivity contribution in [2.45, 2.75) is 13.8 Å². The van der Waals surface area contributed by atoms with E-state index in [4.69, 9.17) is 9.47 Å². The second-order valence-electron chi connectivity index (χ2n) is 8.89. The number of hydrogen-bond acceptors (Lipinski definition) is 6. The van der Waals surface area contributed by atoms with Crippen LogP contribution in [0.5, 0.6) is 11.5 Å². The summed E-state index contributed by atoms with van der Waals surface area (Å²) in [6.07, 6.45) is 0. The second kappa shape index (κ2) is 11.2. The number of fused-ring (bicyclic) bond motifs is 1. The van der Waals surface area contributed by atoms with Crippen LogP contribution >= 0.6 is 0 Å². The van der Waals surface area contributed by atoms with Gasteiger partial charge in [-0.3, -0.25) is 9.59 Å². The Kier molecular flexibility index (Phi) is 7.71. The Balaban J connectivity index is 1.95. The van der Waals surface area contributed by atoms with E-state index in [-0.39, 0.29) is 33.0 Å². The third-order valence-electron chi connectivity index (χ3n) is 6.50. The van der Waals surface area contributed by atoms with Crippen LogP contribution in [0.1, 0.15) is 52.6 Å². The van der Waals surface area contributed by atoms with E-state index in [2.05, 4.69) is 10.6 Å². The Bertz CT molecular complexity index is 1570. The molecule has 0 aliphatic rings. The highest BCUT2D eigenvalue weighted by Gasteiger charge is 2.27. The summed E-state index contributed by atoms with van der Waals surface area (Å²) in [5, 5.41) is 25.1. The third-order valence-corrected chi connectivity index (χ3v) is 6.50. The number of aryl methyl sites for hydroxylation is 2. The number of carbonyl (C=O) groups excluding carboxylic acids is 2. The van der Waals surface area contributed by atoms with Crippen LogP contribution in [0.2, 0.25) is 0 Å². The van der Waals surface area contributed by atoms with E-state index in [9.17, 15) is 29.4 Å². The van der Waals surface area contributed by atoms with Gasteiger partial charge in [0.1, 0.15) is 11.5 Å². The molecule has 0 bridgehead atoms. The monoisotopic (exact) mass is 542 g/mol. The van der Waals surface area contributed by atoms with Gasteiger partial charge in [0.2, 0.25) is 0 Å². The van der Waals surface area contributed by atoms with Crippen molar-refractivity contribution in [2.75, 3.05) is 24.9 Å². The maximum Gasteiger partial charge on any atom is 0.336 e. The molecule has 4 aromatic rings. The van der Waals surface area contributed by atoms with E-state index < -0.39 is 23.8 Å². The number of aromatic carboxylic acids is 2. The molecular weight excluding hydrogens is 516 g/mol. The van der Waals surface area contributed by atoms with Crippen LogP contribution < -0.4 is 20.1 Å². The maximum atomic E-state index is 13.6. The standard InChI is InChI=1S/C30H26N2O8/c1-15-7-5-9-21(39-3)25(15)31-27(33)17-11-12-18(28(34)32-26-16(2)8-6-10-22(26)40-4)24-20(30(37)38)14-13-19(23(17)24)29(35)36/h5-14H,1-4H3,(H,31,33)(H,32,34)(H,35,36)(H,37,38). The Morgan fingerprint density at radius 3 is 1.25 bits per heavy atom. The largest absolute Gasteiger partial charge is 0.495 e. The number of para-hydroxylation sites is 2. The van der Waals surface area contributed by atoms with Crippen LogP contribution in [0.4, 0.5) is 11.4 Å². The first-order valence-corrected chi connectivity index (χ1v) is 12.0. The first kappa shape index (κ1) is 27.6. The average molecular weight is 543 g/mol. The number of hydrogen-bond donors (Lipinski definition) is 4. The van der Waals surface area contributed by atoms with Gasteiger partial charge in [-0.1, -0.05) is 24.3 Å². The molecule has 0 saturated heterocycles. The number of nitrogens with one attached hydrogen (secondary N) is 2. The van der Waals surface area contributed by atoms with Gasteiger partial charge in [-0.05, 0) is 61.4 Å². The number of carboxylic acids is 2. The van der Waals surface area contributed by atoms with Gasteiger partial charge in [0, 0.05) is 21.9 Å². The summed E-state index contributed by atoms with van der Waals surface area (Å²) in [4.78, 5) is 51.7. The van der Waals surface area contributed by atoms with E-state index in [1.807, 2.05) is 0 Å². The molecule has 0 aliphatic carbocycles. The SMILES string of the molecule is COc1cccc(C)c1NC(=O)c1ccc(C(=O)Nc2c(C)cccc2OC)c2c(C(=O)O)ccc(C(=O)O)c12. The predicted octanol–water partition coefficient (Wildman–Crippen LogP) is 5.37. The average Bonchev–Trinajstić information content (AvgIpc) is 2.93. The third kappa shape index (κ3) is 5.02. The van der Waals surface area contributed by atoms with Crippen molar-refractivity contribution in [2.24, 2.45) is 0 Å². The summed E-state index contributed by atoms with van der Waals surface area (Å²) >= 11 is 0. The number of carboxylic acid groups (broad SMARTS) is 2. The lowest BCUT2D eigenvalue weighted by Gasteiger charge is -2.18. The molecule has 2 amide bonds. The van der Waals surface area contributed by atoms with Crippen LogP contribution in [-0.4, -0.2) is 48.2 Å². The minimum absolute atomic E-state index is 0.133. The van der Waals surface area contributed by atoms with Crippen molar-refractivity contribution in [3.8, 4) is 11.5 Å². The molecule has 4 rings (SSSR count). The molecule has 0 aromatic heterocycles. The number of rotatable bonds is 8. The van der Waals surface area contributed by atoms with Crippen molar-refractivity contribution >= 4 is 45.9 Å². The van der Waals surface area contributed by atoms with E-state index in [1.165, 1.54) is 26.4 Å². The highest BCUT2D eigenvalue weighted by molar-refractivity contribution is 6.26. The number of amides is 2. The molecule has 0 fully saturated rings. The minimum atomic E-state index is -1.40. The van der Waals surface area contributed by atoms with Crippen LogP contribution in [0.25, 0.3) is 10.8 Å². The van der Waals surface area contributed by atoms with Crippen molar-refractivity contribution in [1.29, 1.82) is 0 Å². The first-order valence-electron chi connectivity index (χ1n) is 12.0. The summed E-state index contributed by atoms with van der Waals surface area (Å²) in [5.74, 6) is -3.47. The van der Waals surface area contributed by atoms with Crippen molar-refractivity contribution in [1.82, 2.24) is 0 Å². The molecule has 0 heterocycles. The van der Waals surface area contributed by atoms with Gasteiger partial charge < -0.3 is 30.3 Å². The van der Waals surface area contributed by atoms with Crippen molar-refractivity contribution in [3.63, 3.8) is 0 Å². The number of methoxy groups -OCH3 is 2. The Morgan fingerprint density at radius 2 is 0.925 bits per heavy atom. The zero-order valence-electron chi connectivity index (χ0n) is 22.1. The summed E-state index contributed by atoms with van der Waals surface area (Å²) in [6, 6.07) is 15.1. The van der Waals surface area contributed by atoms with Crippen molar-refractivity contribution < 1.29 is 38.9 Å². The Hall–Kier alpha value is -5.38. The van der Waals surface area contributed by atoms with Crippen molar-refractivity contribution in [3.05, 3.63) is 94.0 Å². The highest BCUT2D eigenvalue weighted by atomic mass is 16.5. The quantitative estimate of drug-likeness (QED) is 0.232. The van der Waals surface area contributed by atoms with Gasteiger partial charge in [-0.2, -0.15) is 0 Å². The first-order chi connectivity index (χ1) is 19.1. The van der Waals surface area contributed by atoms with Gasteiger partial charge >= 0.3 is 11.9 Å². The number of anilines is 2. The number of benzene rings is 4. The zero-order valence-corrected chi connectivity index (χ0v) is 22.1. The molecule has 4 N–H and O–H groups in total. The molecule has 0 radical (unpaired) electrons. The molecule has 10 heteroatoms. The predicted molar refractivity (Wildman–Crippen MR) is 149 cm³/mol. The molecule has 0 atom stereocenters. The fourth-order valence-electron chi connectivity index (χ4n) is 4.53. The van der Waals surface area contributed by atoms with Gasteiger partial charge in [0.25, 0.3) is 11.8 Å². The van der Waals surface area contributed by atoms with Gasteiger partial charge in [0.15, 0.2) is 0 Å². The molecule has 10 nitrogen and oxygen atoms in total. The number of ether oxygens (including phenoxy) is 2. The van der Waals surface area contributed by atoms with Crippen LogP contribution in [-0.2, 0) is 0 Å². The molecule has 4 aromatic carbocycles. The lowest BCUT2D eigenvalue weighted by atomic mass is 9.90. The van der Waals surface area contributed by atoms with Crippen LogP contribution in [0.15, 0.2) is 60.7 Å². The van der Waals surface area contributed by atoms with Crippen LogP contribution in [0, 0.1) is 13.8 Å². The molecular formula is C30H26N2O8. The van der Waals surface area contributed by atoms with E-state index in [1.54, 1.807) is 50.2 Å². The lowest BCUT2D eigenvalue weighted by molar-refractivity contribution is 0.0684. The summed E-state index contributed by atoms with van der Waals surface area (Å²) in [5.41, 5.74) is 1.15. The lowest BCUT2D eigenvalue weighted by Crippen LogP contribution is -2.19. The van der Waals surface area contributed by atoms with Gasteiger partial charge in [-0.25, -0.2) is 9.59 Å². The fraction of sp³-hybridized carbons (Fsp3) is 0.133. The molecule has 0 aliphatic heterocycles. The summed E-state index contributed by atoms with van der Waals surface area (Å²) in [7, 11) is 2.89. The minimum Gasteiger partial charge on any atom is -0.495 e. The molecule has 0 spiro atoms. The number of carbonyl (C=O) groups is 4. The highest BCUT2D eigenvalue weighted by Crippen LogP contribution is 2.34.